The average Bonchev–Trinajstić information content (AvgIpc) is 1.39. The third kappa shape index (κ3) is 107. The third-order valence-corrected chi connectivity index (χ3v) is 0. The molecule has 0 atom stereocenters. The average molecular weight is 148 g/mol. The first-order valence-corrected chi connectivity index (χ1v) is 2.83. The van der Waals surface area contributed by atoms with Gasteiger partial charge in [-0.2, -0.15) is 0 Å². The first-order valence-electron chi connectivity index (χ1n) is 0.943. The van der Waals surface area contributed by atoms with Gasteiger partial charge in [-0.3, -0.25) is 0 Å². The van der Waals surface area contributed by atoms with Crippen LogP contribution in [-0.2, 0) is 7.61 Å². The van der Waals surface area contributed by atoms with Crippen LogP contribution >= 0.6 is 0 Å². The van der Waals surface area contributed by atoms with Crippen molar-refractivity contribution in [2.75, 3.05) is 0 Å². The van der Waals surface area contributed by atoms with Crippen LogP contribution in [0.3, 0.4) is 0 Å². The molecule has 0 aliphatic heterocycles. The van der Waals surface area contributed by atoms with E-state index in [0.717, 1.165) is 0 Å². The molecular weight excluding hydrogens is 148 g/mol. The fourth-order valence-corrected chi connectivity index (χ4v) is 0. The molecule has 0 unspecified atom stereocenters. The molecule has 0 aromatic rings. The van der Waals surface area contributed by atoms with Crippen molar-refractivity contribution in [2.45, 2.75) is 0 Å². The van der Waals surface area contributed by atoms with Crippen LogP contribution in [0.2, 0.25) is 0 Å². The predicted molar refractivity (Wildman–Crippen MR) is 12.9 cm³/mol. The van der Waals surface area contributed by atoms with E-state index in [-0.39, 0.29) is 48.4 Å². The summed E-state index contributed by atoms with van der Waals surface area (Å²) in [7, 11) is 0. The predicted octanol–water partition coefficient (Wildman–Crippen LogP) is -9.37. The van der Waals surface area contributed by atoms with Crippen LogP contribution in [0.25, 0.3) is 0 Å². The molecule has 0 N–H and O–H groups in total. The van der Waals surface area contributed by atoms with E-state index in [0.29, 0.717) is 0 Å². The molecule has 8 heteroatoms. The minimum absolute atomic E-state index is 0. The molecule has 0 spiro atoms. The molecule has 0 saturated carbocycles. The molecule has 0 radical (unpaired) electrons. The topological polar surface area (TPSA) is 80.3 Å². The molecular formula is Al2LiNaO4. The van der Waals surface area contributed by atoms with Crippen LogP contribution in [0.15, 0.2) is 0 Å². The normalized spacial score (nSPS) is 2.00. The van der Waals surface area contributed by atoms with E-state index >= 15 is 0 Å². The van der Waals surface area contributed by atoms with Crippen molar-refractivity contribution >= 4 is 31.0 Å². The van der Waals surface area contributed by atoms with Gasteiger partial charge in [-0.25, -0.2) is 0 Å². The van der Waals surface area contributed by atoms with E-state index in [4.69, 9.17) is 15.9 Å². The van der Waals surface area contributed by atoms with Crippen LogP contribution < -0.4 is 56.7 Å². The Morgan fingerprint density at radius 1 is 1.00 bits per heavy atom. The summed E-state index contributed by atoms with van der Waals surface area (Å²) in [6.45, 7) is 0. The quantitative estimate of drug-likeness (QED) is 0.319. The van der Waals surface area contributed by atoms with E-state index in [1.165, 1.54) is 0 Å². The van der Waals surface area contributed by atoms with Crippen molar-refractivity contribution in [3.63, 3.8) is 0 Å². The Balaban J connectivity index is -0.0000000160. The zero-order valence-electron chi connectivity index (χ0n) is 4.79. The zero-order chi connectivity index (χ0) is 5.41. The molecule has 0 aromatic heterocycles. The molecule has 0 amide bonds. The molecule has 8 heavy (non-hydrogen) atoms. The van der Waals surface area contributed by atoms with Gasteiger partial charge in [0.25, 0.3) is 0 Å². The molecule has 4 nitrogen and oxygen atoms in total. The van der Waals surface area contributed by atoms with Crippen LogP contribution in [0.5, 0.6) is 0 Å². The summed E-state index contributed by atoms with van der Waals surface area (Å²) in [4.78, 5) is 0. The van der Waals surface area contributed by atoms with Crippen molar-refractivity contribution in [3.05, 3.63) is 0 Å². The second kappa shape index (κ2) is 36.7. The van der Waals surface area contributed by atoms with Gasteiger partial charge in [0.15, 0.2) is 0 Å². The molecule has 0 aliphatic rings. The molecule has 0 aromatic carbocycles. The van der Waals surface area contributed by atoms with E-state index in [9.17, 15) is 0 Å². The summed E-state index contributed by atoms with van der Waals surface area (Å²) in [6, 6.07) is 0. The van der Waals surface area contributed by atoms with Gasteiger partial charge in [-0.05, 0) is 0 Å². The fourth-order valence-electron chi connectivity index (χ4n) is 0. The second-order valence-electron chi connectivity index (χ2n) is 0.192. The van der Waals surface area contributed by atoms with Crippen LogP contribution in [0, 0.1) is 0 Å². The zero-order valence-corrected chi connectivity index (χ0v) is 9.10. The first-order chi connectivity index (χ1) is 2.83. The number of hydrogen-bond acceptors (Lipinski definition) is 4. The van der Waals surface area contributed by atoms with E-state index in [1.807, 2.05) is 0 Å². The van der Waals surface area contributed by atoms with Gasteiger partial charge in [-0.1, -0.05) is 0 Å². The van der Waals surface area contributed by atoms with E-state index < -0.39 is 31.0 Å². The van der Waals surface area contributed by atoms with Crippen molar-refractivity contribution in [1.82, 2.24) is 0 Å². The number of hydrogen-bond donors (Lipinski definition) is 0. The Bertz CT molecular complexity index is 35.0. The number of rotatable bonds is 0. The van der Waals surface area contributed by atoms with E-state index in [2.05, 4.69) is 0 Å². The minimum atomic E-state index is -1.75. The molecule has 0 fully saturated rings. The van der Waals surface area contributed by atoms with Gasteiger partial charge in [-0.15, -0.1) is 0 Å². The van der Waals surface area contributed by atoms with Gasteiger partial charge < -0.3 is 0 Å². The van der Waals surface area contributed by atoms with Gasteiger partial charge in [0.2, 0.25) is 0 Å². The summed E-state index contributed by atoms with van der Waals surface area (Å²) in [5.41, 5.74) is 0. The molecule has 32 valence electrons. The summed E-state index contributed by atoms with van der Waals surface area (Å²) < 4.78 is 33.8. The molecule has 0 saturated heterocycles. The van der Waals surface area contributed by atoms with Crippen molar-refractivity contribution in [3.8, 4) is 0 Å². The van der Waals surface area contributed by atoms with Crippen molar-refractivity contribution < 1.29 is 64.3 Å². The molecule has 0 aliphatic carbocycles. The Labute approximate surface area is 94.0 Å². The summed E-state index contributed by atoms with van der Waals surface area (Å²) in [6.07, 6.45) is 0. The van der Waals surface area contributed by atoms with Gasteiger partial charge >= 0.3 is 95.3 Å². The summed E-state index contributed by atoms with van der Waals surface area (Å²) in [5, 5.41) is 0. The second-order valence-corrected chi connectivity index (χ2v) is 0.577. The van der Waals surface area contributed by atoms with Crippen LogP contribution in [0.1, 0.15) is 0 Å². The third-order valence-electron chi connectivity index (χ3n) is 0. The Kier molecular flexibility index (Phi) is 103. The standard InChI is InChI=1S/2Al.Li.Na.4O/q;;2*+1;;;2*-1. The fraction of sp³-hybridized carbons (Fsp3) is 0. The molecule has 0 bridgehead atoms. The van der Waals surface area contributed by atoms with Gasteiger partial charge in [0, 0.05) is 0 Å². The van der Waals surface area contributed by atoms with E-state index in [1.54, 1.807) is 0 Å². The first kappa shape index (κ1) is 22.5. The van der Waals surface area contributed by atoms with Crippen molar-refractivity contribution in [1.29, 1.82) is 0 Å². The Morgan fingerprint density at radius 3 is 1.00 bits per heavy atom. The van der Waals surface area contributed by atoms with Crippen molar-refractivity contribution in [2.24, 2.45) is 0 Å². The monoisotopic (exact) mass is 148 g/mol. The van der Waals surface area contributed by atoms with Crippen LogP contribution in [0.4, 0.5) is 0 Å². The van der Waals surface area contributed by atoms with Gasteiger partial charge in [0.1, 0.15) is 0 Å². The SMILES string of the molecule is [Li+].[Na+].[O]=[Al][O-].[O]=[Al][O-]. The maximum atomic E-state index is 8.46. The molecule has 0 heterocycles. The van der Waals surface area contributed by atoms with Crippen LogP contribution in [-0.4, -0.2) is 31.0 Å². The maximum absolute atomic E-state index is 8.46. The summed E-state index contributed by atoms with van der Waals surface area (Å²) >= 11 is -3.50. The van der Waals surface area contributed by atoms with Gasteiger partial charge in [0.05, 0.1) is 0 Å². The molecule has 0 rings (SSSR count). The summed E-state index contributed by atoms with van der Waals surface area (Å²) in [5.74, 6) is 0. The Hall–Kier alpha value is 1.86. The Morgan fingerprint density at radius 2 is 1.00 bits per heavy atom.